The zero-order chi connectivity index (χ0) is 16.9. The monoisotopic (exact) mass is 327 g/mol. The fourth-order valence-corrected chi connectivity index (χ4v) is 3.21. The summed E-state index contributed by atoms with van der Waals surface area (Å²) in [5.41, 5.74) is 3.23. The highest BCUT2D eigenvalue weighted by molar-refractivity contribution is 5.78. The number of rotatable bonds is 5. The largest absolute Gasteiger partial charge is 0.381 e. The molecule has 1 fully saturated rings. The van der Waals surface area contributed by atoms with Crippen molar-refractivity contribution in [3.63, 3.8) is 0 Å². The van der Waals surface area contributed by atoms with Crippen molar-refractivity contribution in [2.75, 3.05) is 37.5 Å². The van der Waals surface area contributed by atoms with E-state index in [9.17, 15) is 0 Å². The van der Waals surface area contributed by atoms with Gasteiger partial charge in [-0.05, 0) is 31.4 Å². The Hall–Kier alpha value is -2.21. The summed E-state index contributed by atoms with van der Waals surface area (Å²) < 4.78 is 5.48. The van der Waals surface area contributed by atoms with Crippen molar-refractivity contribution >= 4 is 11.6 Å². The Bertz CT molecular complexity index is 666. The Morgan fingerprint density at radius 2 is 2.00 bits per heavy atom. The minimum absolute atomic E-state index is 0.355. The van der Waals surface area contributed by atoms with Crippen LogP contribution in [-0.2, 0) is 11.2 Å². The summed E-state index contributed by atoms with van der Waals surface area (Å²) >= 11 is 0. The summed E-state index contributed by atoms with van der Waals surface area (Å²) in [6.07, 6.45) is 6.85. The van der Waals surface area contributed by atoms with E-state index in [-0.39, 0.29) is 0 Å². The number of nitrogens with zero attached hydrogens (tertiary/aromatic N) is 4. The predicted octanol–water partition coefficient (Wildman–Crippen LogP) is 2.76. The van der Waals surface area contributed by atoms with Gasteiger partial charge in [-0.2, -0.15) is 0 Å². The van der Waals surface area contributed by atoms with E-state index >= 15 is 0 Å². The van der Waals surface area contributed by atoms with Crippen LogP contribution in [0.4, 0.5) is 11.6 Å². The first kappa shape index (κ1) is 16.6. The van der Waals surface area contributed by atoms with Gasteiger partial charge in [0.25, 0.3) is 0 Å². The molecule has 0 radical (unpaired) electrons. The lowest BCUT2D eigenvalue weighted by molar-refractivity contribution is 0.0818. The number of anilines is 2. The Balaban J connectivity index is 1.97. The molecule has 0 bridgehead atoms. The van der Waals surface area contributed by atoms with Crippen LogP contribution in [-0.4, -0.2) is 48.3 Å². The molecule has 0 aromatic carbocycles. The Labute approximate surface area is 143 Å². The van der Waals surface area contributed by atoms with Crippen LogP contribution in [0, 0.1) is 0 Å². The third-order valence-electron chi connectivity index (χ3n) is 4.62. The van der Waals surface area contributed by atoms with E-state index < -0.39 is 0 Å². The Morgan fingerprint density at radius 1 is 1.21 bits per heavy atom. The lowest BCUT2D eigenvalue weighted by Crippen LogP contribution is -2.37. The smallest absolute Gasteiger partial charge is 0.140 e. The molecule has 2 aromatic heterocycles. The van der Waals surface area contributed by atoms with E-state index in [1.807, 2.05) is 19.3 Å². The fourth-order valence-electron chi connectivity index (χ4n) is 3.21. The molecule has 1 N–H and O–H groups in total. The molecule has 1 aliphatic heterocycles. The first-order valence-electron chi connectivity index (χ1n) is 8.52. The number of aryl methyl sites for hydroxylation is 1. The molecule has 0 spiro atoms. The van der Waals surface area contributed by atoms with Gasteiger partial charge in [0.1, 0.15) is 18.0 Å². The van der Waals surface area contributed by atoms with E-state index in [0.717, 1.165) is 60.8 Å². The van der Waals surface area contributed by atoms with Crippen molar-refractivity contribution in [3.05, 3.63) is 30.4 Å². The van der Waals surface area contributed by atoms with E-state index in [1.165, 1.54) is 0 Å². The number of methoxy groups -OCH3 is 1. The lowest BCUT2D eigenvalue weighted by Gasteiger charge is -2.33. The standard InChI is InChI=1S/C18H25N5O/c1-4-15-17(13-5-6-16(19-2)20-11-13)18(22-12-21-15)23-9-7-14(24-3)8-10-23/h5-6,11-12,14H,4,7-10H2,1-3H3,(H,19,20). The maximum absolute atomic E-state index is 5.48. The van der Waals surface area contributed by atoms with Gasteiger partial charge in [-0.3, -0.25) is 0 Å². The minimum Gasteiger partial charge on any atom is -0.381 e. The highest BCUT2D eigenvalue weighted by Crippen LogP contribution is 2.33. The number of hydrogen-bond donors (Lipinski definition) is 1. The fraction of sp³-hybridized carbons (Fsp3) is 0.500. The second kappa shape index (κ2) is 7.57. The van der Waals surface area contributed by atoms with E-state index in [2.05, 4.69) is 38.2 Å². The summed E-state index contributed by atoms with van der Waals surface area (Å²) in [4.78, 5) is 15.9. The Kier molecular flexibility index (Phi) is 5.25. The minimum atomic E-state index is 0.355. The van der Waals surface area contributed by atoms with Gasteiger partial charge < -0.3 is 15.0 Å². The number of aromatic nitrogens is 3. The lowest BCUT2D eigenvalue weighted by atomic mass is 10.0. The van der Waals surface area contributed by atoms with Crippen LogP contribution in [0.5, 0.6) is 0 Å². The van der Waals surface area contributed by atoms with Gasteiger partial charge in [0, 0.05) is 44.6 Å². The summed E-state index contributed by atoms with van der Waals surface area (Å²) in [6.45, 7) is 4.03. The van der Waals surface area contributed by atoms with Gasteiger partial charge in [-0.25, -0.2) is 15.0 Å². The second-order valence-electron chi connectivity index (χ2n) is 5.98. The molecule has 3 rings (SSSR count). The van der Waals surface area contributed by atoms with Crippen molar-refractivity contribution in [3.8, 4) is 11.1 Å². The van der Waals surface area contributed by atoms with Crippen LogP contribution >= 0.6 is 0 Å². The highest BCUT2D eigenvalue weighted by Gasteiger charge is 2.23. The van der Waals surface area contributed by atoms with Crippen molar-refractivity contribution in [1.82, 2.24) is 15.0 Å². The number of ether oxygens (including phenoxy) is 1. The molecule has 24 heavy (non-hydrogen) atoms. The van der Waals surface area contributed by atoms with Crippen LogP contribution in [0.25, 0.3) is 11.1 Å². The van der Waals surface area contributed by atoms with Gasteiger partial charge in [-0.15, -0.1) is 0 Å². The molecule has 6 heteroatoms. The number of hydrogen-bond acceptors (Lipinski definition) is 6. The van der Waals surface area contributed by atoms with Crippen molar-refractivity contribution < 1.29 is 4.74 Å². The van der Waals surface area contributed by atoms with E-state index in [0.29, 0.717) is 6.10 Å². The molecular formula is C18H25N5O. The molecule has 0 atom stereocenters. The topological polar surface area (TPSA) is 63.2 Å². The van der Waals surface area contributed by atoms with Gasteiger partial charge >= 0.3 is 0 Å². The molecule has 1 aliphatic rings. The predicted molar refractivity (Wildman–Crippen MR) is 96.4 cm³/mol. The molecule has 1 saturated heterocycles. The highest BCUT2D eigenvalue weighted by atomic mass is 16.5. The maximum atomic E-state index is 5.48. The molecule has 3 heterocycles. The van der Waals surface area contributed by atoms with Crippen molar-refractivity contribution in [1.29, 1.82) is 0 Å². The molecular weight excluding hydrogens is 302 g/mol. The molecule has 0 saturated carbocycles. The zero-order valence-electron chi connectivity index (χ0n) is 14.6. The average molecular weight is 327 g/mol. The molecule has 6 nitrogen and oxygen atoms in total. The SMILES string of the molecule is CCc1ncnc(N2CCC(OC)CC2)c1-c1ccc(NC)nc1. The average Bonchev–Trinajstić information content (AvgIpc) is 2.67. The summed E-state index contributed by atoms with van der Waals surface area (Å²) in [7, 11) is 3.66. The summed E-state index contributed by atoms with van der Waals surface area (Å²) in [6, 6.07) is 4.07. The van der Waals surface area contributed by atoms with Gasteiger partial charge in [-0.1, -0.05) is 6.92 Å². The molecule has 0 unspecified atom stereocenters. The summed E-state index contributed by atoms with van der Waals surface area (Å²) in [5, 5.41) is 3.06. The van der Waals surface area contributed by atoms with Crippen LogP contribution in [0.15, 0.2) is 24.7 Å². The van der Waals surface area contributed by atoms with Crippen molar-refractivity contribution in [2.24, 2.45) is 0 Å². The number of piperidine rings is 1. The third-order valence-corrected chi connectivity index (χ3v) is 4.62. The summed E-state index contributed by atoms with van der Waals surface area (Å²) in [5.74, 6) is 1.87. The zero-order valence-corrected chi connectivity index (χ0v) is 14.6. The van der Waals surface area contributed by atoms with Gasteiger partial charge in [0.15, 0.2) is 0 Å². The normalized spacial score (nSPS) is 15.5. The van der Waals surface area contributed by atoms with Crippen LogP contribution in [0.3, 0.4) is 0 Å². The quantitative estimate of drug-likeness (QED) is 0.911. The number of pyridine rings is 1. The van der Waals surface area contributed by atoms with Crippen LogP contribution in [0.1, 0.15) is 25.5 Å². The van der Waals surface area contributed by atoms with Crippen LogP contribution in [0.2, 0.25) is 0 Å². The second-order valence-corrected chi connectivity index (χ2v) is 5.98. The molecule has 0 aliphatic carbocycles. The number of nitrogens with one attached hydrogen (secondary N) is 1. The molecule has 0 amide bonds. The van der Waals surface area contributed by atoms with E-state index in [4.69, 9.17) is 4.74 Å². The van der Waals surface area contributed by atoms with Crippen LogP contribution < -0.4 is 10.2 Å². The first-order chi connectivity index (χ1) is 11.8. The van der Waals surface area contributed by atoms with Gasteiger partial charge in [0.05, 0.1) is 11.8 Å². The molecule has 2 aromatic rings. The van der Waals surface area contributed by atoms with E-state index in [1.54, 1.807) is 13.4 Å². The van der Waals surface area contributed by atoms with Crippen molar-refractivity contribution in [2.45, 2.75) is 32.3 Å². The maximum Gasteiger partial charge on any atom is 0.140 e. The molecule has 128 valence electrons. The Morgan fingerprint density at radius 3 is 2.58 bits per heavy atom. The van der Waals surface area contributed by atoms with Gasteiger partial charge in [0.2, 0.25) is 0 Å². The first-order valence-corrected chi connectivity index (χ1v) is 8.52. The third kappa shape index (κ3) is 3.33.